The van der Waals surface area contributed by atoms with E-state index in [0.29, 0.717) is 10.8 Å². The molecule has 0 bridgehead atoms. The summed E-state index contributed by atoms with van der Waals surface area (Å²) in [5.74, 6) is 1.56. The Morgan fingerprint density at radius 2 is 1.94 bits per heavy atom. The van der Waals surface area contributed by atoms with Crippen LogP contribution >= 0.6 is 11.6 Å². The molecule has 0 saturated heterocycles. The Kier molecular flexibility index (Phi) is 2.52. The minimum absolute atomic E-state index is 0.434. The molecule has 90 valence electrons. The molecule has 2 heterocycles. The van der Waals surface area contributed by atoms with Crippen LogP contribution in [0.15, 0.2) is 30.3 Å². The molecule has 4 nitrogen and oxygen atoms in total. The number of benzene rings is 1. The number of hydrogen-bond acceptors (Lipinski definition) is 3. The Morgan fingerprint density at radius 3 is 2.72 bits per heavy atom. The van der Waals surface area contributed by atoms with Crippen molar-refractivity contribution < 1.29 is 0 Å². The molecule has 3 aromatic rings. The first-order valence-electron chi connectivity index (χ1n) is 5.60. The fourth-order valence-corrected chi connectivity index (χ4v) is 2.24. The summed E-state index contributed by atoms with van der Waals surface area (Å²) >= 11 is 5.91. The number of aryl methyl sites for hydroxylation is 2. The summed E-state index contributed by atoms with van der Waals surface area (Å²) in [6.07, 6.45) is 0. The van der Waals surface area contributed by atoms with E-state index in [1.54, 1.807) is 6.07 Å². The molecule has 0 aliphatic heterocycles. The van der Waals surface area contributed by atoms with Gasteiger partial charge < -0.3 is 0 Å². The van der Waals surface area contributed by atoms with Gasteiger partial charge in [0.1, 0.15) is 11.0 Å². The number of nitrogens with zero attached hydrogens (tertiary/aromatic N) is 4. The zero-order valence-electron chi connectivity index (χ0n) is 10.1. The van der Waals surface area contributed by atoms with Crippen LogP contribution in [0.5, 0.6) is 0 Å². The molecular formula is C13H11ClN4. The fraction of sp³-hybridized carbons (Fsp3) is 0.154. The highest BCUT2D eigenvalue weighted by molar-refractivity contribution is 6.29. The van der Waals surface area contributed by atoms with Gasteiger partial charge in [0.2, 0.25) is 0 Å². The molecule has 0 spiro atoms. The summed E-state index contributed by atoms with van der Waals surface area (Å²) in [5.41, 5.74) is 2.92. The molecule has 0 fully saturated rings. The topological polar surface area (TPSA) is 43.1 Å². The zero-order chi connectivity index (χ0) is 12.7. The number of aromatic nitrogens is 4. The van der Waals surface area contributed by atoms with Crippen LogP contribution in [-0.4, -0.2) is 19.6 Å². The second-order valence-electron chi connectivity index (χ2n) is 4.21. The number of hydrogen-bond donors (Lipinski definition) is 0. The molecule has 0 unspecified atom stereocenters. The quantitative estimate of drug-likeness (QED) is 0.630. The molecule has 3 rings (SSSR count). The number of rotatable bonds is 1. The van der Waals surface area contributed by atoms with Crippen LogP contribution in [0, 0.1) is 13.8 Å². The standard InChI is InChI=1S/C13H11ClN4/c1-8-4-3-5-10(6-8)13-17-16-12-7-11(14)15-9(2)18(12)13/h3-7H,1-2H3. The molecule has 0 aliphatic carbocycles. The summed E-state index contributed by atoms with van der Waals surface area (Å²) in [5, 5.41) is 8.79. The van der Waals surface area contributed by atoms with E-state index < -0.39 is 0 Å². The lowest BCUT2D eigenvalue weighted by molar-refractivity contribution is 0.988. The number of fused-ring (bicyclic) bond motifs is 1. The van der Waals surface area contributed by atoms with E-state index in [1.165, 1.54) is 5.56 Å². The van der Waals surface area contributed by atoms with E-state index in [9.17, 15) is 0 Å². The summed E-state index contributed by atoms with van der Waals surface area (Å²) < 4.78 is 1.90. The van der Waals surface area contributed by atoms with E-state index in [4.69, 9.17) is 11.6 Å². The Balaban J connectivity index is 2.31. The lowest BCUT2D eigenvalue weighted by atomic mass is 10.1. The first-order chi connectivity index (χ1) is 8.65. The van der Waals surface area contributed by atoms with Crippen molar-refractivity contribution in [3.63, 3.8) is 0 Å². The molecule has 1 aromatic carbocycles. The third-order valence-corrected chi connectivity index (χ3v) is 3.00. The van der Waals surface area contributed by atoms with Gasteiger partial charge in [-0.25, -0.2) is 4.98 Å². The molecule has 0 N–H and O–H groups in total. The highest BCUT2D eigenvalue weighted by Crippen LogP contribution is 2.21. The highest BCUT2D eigenvalue weighted by atomic mass is 35.5. The van der Waals surface area contributed by atoms with Crippen LogP contribution in [0.25, 0.3) is 17.0 Å². The molecule has 0 saturated carbocycles. The third kappa shape index (κ3) is 1.75. The third-order valence-electron chi connectivity index (χ3n) is 2.80. The maximum atomic E-state index is 5.91. The molecule has 0 aliphatic rings. The fourth-order valence-electron chi connectivity index (χ4n) is 2.02. The van der Waals surface area contributed by atoms with Crippen molar-refractivity contribution in [3.8, 4) is 11.4 Å². The second kappa shape index (κ2) is 4.07. The van der Waals surface area contributed by atoms with Crippen LogP contribution in [0.2, 0.25) is 5.15 Å². The summed E-state index contributed by atoms with van der Waals surface area (Å²) in [6.45, 7) is 3.94. The van der Waals surface area contributed by atoms with E-state index in [2.05, 4.69) is 34.2 Å². The van der Waals surface area contributed by atoms with Crippen molar-refractivity contribution in [2.24, 2.45) is 0 Å². The van der Waals surface area contributed by atoms with E-state index in [-0.39, 0.29) is 0 Å². The monoisotopic (exact) mass is 258 g/mol. The predicted molar refractivity (Wildman–Crippen MR) is 70.7 cm³/mol. The van der Waals surface area contributed by atoms with Gasteiger partial charge in [0.15, 0.2) is 11.5 Å². The summed E-state index contributed by atoms with van der Waals surface area (Å²) in [6, 6.07) is 9.85. The maximum Gasteiger partial charge on any atom is 0.169 e. The van der Waals surface area contributed by atoms with Crippen molar-refractivity contribution >= 4 is 17.2 Å². The molecule has 18 heavy (non-hydrogen) atoms. The van der Waals surface area contributed by atoms with E-state index >= 15 is 0 Å². The van der Waals surface area contributed by atoms with Gasteiger partial charge in [-0.1, -0.05) is 35.4 Å². The Hall–Kier alpha value is -1.94. The lowest BCUT2D eigenvalue weighted by Gasteiger charge is -2.04. The van der Waals surface area contributed by atoms with E-state index in [0.717, 1.165) is 17.2 Å². The number of halogens is 1. The summed E-state index contributed by atoms with van der Waals surface area (Å²) in [7, 11) is 0. The van der Waals surface area contributed by atoms with Crippen molar-refractivity contribution in [2.45, 2.75) is 13.8 Å². The van der Waals surface area contributed by atoms with Gasteiger partial charge in [-0.05, 0) is 19.9 Å². The molecule has 0 amide bonds. The van der Waals surface area contributed by atoms with Gasteiger partial charge >= 0.3 is 0 Å². The molecule has 0 atom stereocenters. The zero-order valence-corrected chi connectivity index (χ0v) is 10.8. The SMILES string of the molecule is Cc1cccc(-c2nnc3cc(Cl)nc(C)n23)c1. The van der Waals surface area contributed by atoms with Crippen LogP contribution < -0.4 is 0 Å². The molecular weight excluding hydrogens is 248 g/mol. The highest BCUT2D eigenvalue weighted by Gasteiger charge is 2.11. The van der Waals surface area contributed by atoms with Gasteiger partial charge in [-0.2, -0.15) is 0 Å². The minimum Gasteiger partial charge on any atom is -0.263 e. The van der Waals surface area contributed by atoms with E-state index in [1.807, 2.05) is 23.5 Å². The van der Waals surface area contributed by atoms with Crippen LogP contribution in [0.1, 0.15) is 11.4 Å². The average molecular weight is 259 g/mol. The normalized spacial score (nSPS) is 11.1. The largest absolute Gasteiger partial charge is 0.263 e. The first-order valence-corrected chi connectivity index (χ1v) is 5.98. The minimum atomic E-state index is 0.434. The van der Waals surface area contributed by atoms with Crippen LogP contribution in [0.3, 0.4) is 0 Å². The van der Waals surface area contributed by atoms with Crippen molar-refractivity contribution in [3.05, 3.63) is 46.9 Å². The first kappa shape index (κ1) is 11.2. The smallest absolute Gasteiger partial charge is 0.169 e. The van der Waals surface area contributed by atoms with Gasteiger partial charge in [0, 0.05) is 11.6 Å². The Morgan fingerprint density at radius 1 is 1.11 bits per heavy atom. The van der Waals surface area contributed by atoms with Crippen molar-refractivity contribution in [1.29, 1.82) is 0 Å². The summed E-state index contributed by atoms with van der Waals surface area (Å²) in [4.78, 5) is 4.23. The van der Waals surface area contributed by atoms with Gasteiger partial charge in [-0.3, -0.25) is 4.40 Å². The van der Waals surface area contributed by atoms with Gasteiger partial charge in [0.05, 0.1) is 0 Å². The molecule has 5 heteroatoms. The van der Waals surface area contributed by atoms with Crippen LogP contribution in [0.4, 0.5) is 0 Å². The van der Waals surface area contributed by atoms with Crippen molar-refractivity contribution in [2.75, 3.05) is 0 Å². The molecule has 0 radical (unpaired) electrons. The van der Waals surface area contributed by atoms with Crippen molar-refractivity contribution in [1.82, 2.24) is 19.6 Å². The second-order valence-corrected chi connectivity index (χ2v) is 4.60. The van der Waals surface area contributed by atoms with Gasteiger partial charge in [-0.15, -0.1) is 10.2 Å². The average Bonchev–Trinajstić information content (AvgIpc) is 2.72. The Labute approximate surface area is 109 Å². The molecule has 2 aromatic heterocycles. The Bertz CT molecular complexity index is 733. The lowest BCUT2D eigenvalue weighted by Crippen LogP contribution is -1.98. The maximum absolute atomic E-state index is 5.91. The predicted octanol–water partition coefficient (Wildman–Crippen LogP) is 3.06. The van der Waals surface area contributed by atoms with Crippen LogP contribution in [-0.2, 0) is 0 Å². The van der Waals surface area contributed by atoms with Gasteiger partial charge in [0.25, 0.3) is 0 Å².